The highest BCUT2D eigenvalue weighted by atomic mass is 35.5. The number of piperidine rings is 1. The summed E-state index contributed by atoms with van der Waals surface area (Å²) in [5, 5.41) is 5.36. The lowest BCUT2D eigenvalue weighted by atomic mass is 9.97. The van der Waals surface area contributed by atoms with Crippen LogP contribution >= 0.6 is 34.5 Å². The van der Waals surface area contributed by atoms with Gasteiger partial charge in [-0.15, -0.1) is 11.3 Å². The first-order valence-corrected chi connectivity index (χ1v) is 11.9. The Hall–Kier alpha value is -2.55. The topological polar surface area (TPSA) is 62.3 Å². The quantitative estimate of drug-likeness (QED) is 0.481. The van der Waals surface area contributed by atoms with Gasteiger partial charge in [0.05, 0.1) is 20.6 Å². The number of rotatable bonds is 5. The van der Waals surface area contributed by atoms with Crippen molar-refractivity contribution in [3.8, 4) is 0 Å². The van der Waals surface area contributed by atoms with E-state index in [0.29, 0.717) is 37.2 Å². The molecule has 2 amide bonds. The highest BCUT2D eigenvalue weighted by molar-refractivity contribution is 7.09. The molecule has 5 nitrogen and oxygen atoms in total. The number of nitrogens with zero attached hydrogens (tertiary/aromatic N) is 2. The zero-order valence-corrected chi connectivity index (χ0v) is 19.6. The van der Waals surface area contributed by atoms with Crippen molar-refractivity contribution >= 4 is 46.4 Å². The summed E-state index contributed by atoms with van der Waals surface area (Å²) in [6, 6.07) is 8.45. The van der Waals surface area contributed by atoms with Gasteiger partial charge in [-0.3, -0.25) is 9.59 Å². The van der Waals surface area contributed by atoms with Gasteiger partial charge in [0.15, 0.2) is 0 Å². The molecule has 0 unspecified atom stereocenters. The van der Waals surface area contributed by atoms with E-state index in [9.17, 15) is 18.4 Å². The van der Waals surface area contributed by atoms with Gasteiger partial charge in [-0.25, -0.2) is 13.8 Å². The molecule has 10 heteroatoms. The van der Waals surface area contributed by atoms with Crippen molar-refractivity contribution in [1.82, 2.24) is 15.2 Å². The van der Waals surface area contributed by atoms with Gasteiger partial charge in [0, 0.05) is 30.9 Å². The minimum absolute atomic E-state index is 0.000193. The fourth-order valence-corrected chi connectivity index (χ4v) is 5.11. The number of halogens is 4. The first-order valence-electron chi connectivity index (χ1n) is 10.2. The molecule has 1 fully saturated rings. The predicted molar refractivity (Wildman–Crippen MR) is 124 cm³/mol. The molecule has 2 aromatic carbocycles. The van der Waals surface area contributed by atoms with Gasteiger partial charge < -0.3 is 10.2 Å². The van der Waals surface area contributed by atoms with Crippen molar-refractivity contribution in [3.63, 3.8) is 0 Å². The van der Waals surface area contributed by atoms with E-state index in [0.717, 1.165) is 5.01 Å². The molecule has 0 atom stereocenters. The molecule has 0 radical (unpaired) electrons. The Morgan fingerprint density at radius 1 is 1.09 bits per heavy atom. The van der Waals surface area contributed by atoms with E-state index < -0.39 is 17.5 Å². The van der Waals surface area contributed by atoms with Crippen molar-refractivity contribution in [1.29, 1.82) is 0 Å². The summed E-state index contributed by atoms with van der Waals surface area (Å²) in [4.78, 5) is 31.2. The van der Waals surface area contributed by atoms with Crippen molar-refractivity contribution < 1.29 is 18.4 Å². The van der Waals surface area contributed by atoms with Gasteiger partial charge in [0.1, 0.15) is 17.3 Å². The standard InChI is InChI=1S/C23H19Cl2F2N3O2S/c24-15-2-1-3-18(27)20(15)23(32)30-8-6-14(7-9-30)22-29-19(12-33-22)21(31)28-11-13-4-5-17(26)16(25)10-13/h1-5,10,12,14H,6-9,11H2,(H,28,31). The fourth-order valence-electron chi connectivity index (χ4n) is 3.69. The Balaban J connectivity index is 1.33. The Bertz CT molecular complexity index is 1180. The zero-order valence-electron chi connectivity index (χ0n) is 17.3. The second-order valence-electron chi connectivity index (χ2n) is 7.67. The predicted octanol–water partition coefficient (Wildman–Crippen LogP) is 5.68. The number of hydrogen-bond donors (Lipinski definition) is 1. The molecule has 0 saturated carbocycles. The minimum atomic E-state index is -0.631. The van der Waals surface area contributed by atoms with Gasteiger partial charge in [0.2, 0.25) is 0 Å². The molecule has 2 heterocycles. The fraction of sp³-hybridized carbons (Fsp3) is 0.261. The number of carbonyl (C=O) groups excluding carboxylic acids is 2. The minimum Gasteiger partial charge on any atom is -0.347 e. The molecule has 1 N–H and O–H groups in total. The van der Waals surface area contributed by atoms with Crippen molar-refractivity contribution in [2.45, 2.75) is 25.3 Å². The second kappa shape index (κ2) is 10.2. The van der Waals surface area contributed by atoms with Crippen molar-refractivity contribution in [3.05, 3.63) is 85.3 Å². The highest BCUT2D eigenvalue weighted by Crippen LogP contribution is 2.32. The number of carbonyl (C=O) groups is 2. The maximum Gasteiger partial charge on any atom is 0.271 e. The molecule has 1 aromatic heterocycles. The summed E-state index contributed by atoms with van der Waals surface area (Å²) < 4.78 is 27.3. The number of hydrogen-bond acceptors (Lipinski definition) is 4. The summed E-state index contributed by atoms with van der Waals surface area (Å²) in [5.41, 5.74) is 0.880. The smallest absolute Gasteiger partial charge is 0.271 e. The third kappa shape index (κ3) is 5.34. The Morgan fingerprint density at radius 3 is 2.55 bits per heavy atom. The van der Waals surface area contributed by atoms with Crippen LogP contribution in [0.15, 0.2) is 41.8 Å². The molecule has 1 saturated heterocycles. The molecule has 3 aromatic rings. The number of likely N-dealkylation sites (tertiary alicyclic amines) is 1. The average Bonchev–Trinajstić information content (AvgIpc) is 3.30. The largest absolute Gasteiger partial charge is 0.347 e. The maximum atomic E-state index is 14.1. The van der Waals surface area contributed by atoms with Crippen LogP contribution in [-0.4, -0.2) is 34.8 Å². The molecule has 172 valence electrons. The number of amides is 2. The lowest BCUT2D eigenvalue weighted by molar-refractivity contribution is 0.0708. The van der Waals surface area contributed by atoms with Crippen LogP contribution in [0.4, 0.5) is 8.78 Å². The molecular weight excluding hydrogens is 491 g/mol. The monoisotopic (exact) mass is 509 g/mol. The maximum absolute atomic E-state index is 14.1. The van der Waals surface area contributed by atoms with Crippen LogP contribution in [0, 0.1) is 11.6 Å². The van der Waals surface area contributed by atoms with Gasteiger partial charge in [-0.05, 0) is 42.7 Å². The van der Waals surface area contributed by atoms with E-state index in [1.807, 2.05) is 0 Å². The number of nitrogens with one attached hydrogen (secondary N) is 1. The molecule has 0 spiro atoms. The molecule has 1 aliphatic rings. The number of thiazole rings is 1. The number of benzene rings is 2. The lowest BCUT2D eigenvalue weighted by Gasteiger charge is -2.31. The van der Waals surface area contributed by atoms with E-state index in [4.69, 9.17) is 23.2 Å². The first kappa shape index (κ1) is 23.6. The van der Waals surface area contributed by atoms with Crippen molar-refractivity contribution in [2.24, 2.45) is 0 Å². The van der Waals surface area contributed by atoms with Crippen molar-refractivity contribution in [2.75, 3.05) is 13.1 Å². The second-order valence-corrected chi connectivity index (χ2v) is 9.37. The summed E-state index contributed by atoms with van der Waals surface area (Å²) >= 11 is 13.2. The Kier molecular flexibility index (Phi) is 7.26. The molecule has 0 bridgehead atoms. The van der Waals surface area contributed by atoms with E-state index in [2.05, 4.69) is 10.3 Å². The van der Waals surface area contributed by atoms with Gasteiger partial charge in [-0.1, -0.05) is 35.3 Å². The SMILES string of the molecule is O=C(NCc1ccc(F)c(Cl)c1)c1csc(C2CCN(C(=O)c3c(F)cccc3Cl)CC2)n1. The third-order valence-electron chi connectivity index (χ3n) is 5.50. The normalized spacial score (nSPS) is 14.4. The summed E-state index contributed by atoms with van der Waals surface area (Å²) in [7, 11) is 0. The van der Waals surface area contributed by atoms with Gasteiger partial charge in [-0.2, -0.15) is 0 Å². The lowest BCUT2D eigenvalue weighted by Crippen LogP contribution is -2.38. The van der Waals surface area contributed by atoms with Gasteiger partial charge >= 0.3 is 0 Å². The van der Waals surface area contributed by atoms with E-state index in [1.165, 1.54) is 41.7 Å². The van der Waals surface area contributed by atoms with Crippen LogP contribution < -0.4 is 5.32 Å². The Labute approximate surface area is 203 Å². The van der Waals surface area contributed by atoms with Gasteiger partial charge in [0.25, 0.3) is 11.8 Å². The summed E-state index contributed by atoms with van der Waals surface area (Å²) in [5.74, 6) is -1.79. The Morgan fingerprint density at radius 2 is 1.85 bits per heavy atom. The van der Waals surface area contributed by atoms with E-state index in [1.54, 1.807) is 16.3 Å². The van der Waals surface area contributed by atoms with Crippen LogP contribution in [0.5, 0.6) is 0 Å². The zero-order chi connectivity index (χ0) is 23.5. The van der Waals surface area contributed by atoms with E-state index in [-0.39, 0.29) is 34.0 Å². The summed E-state index contributed by atoms with van der Waals surface area (Å²) in [6.07, 6.45) is 1.31. The molecular formula is C23H19Cl2F2N3O2S. The average molecular weight is 510 g/mol. The van der Waals surface area contributed by atoms with Crippen LogP contribution in [0.1, 0.15) is 50.2 Å². The molecule has 33 heavy (non-hydrogen) atoms. The molecule has 1 aliphatic heterocycles. The highest BCUT2D eigenvalue weighted by Gasteiger charge is 2.29. The first-order chi connectivity index (χ1) is 15.8. The summed E-state index contributed by atoms with van der Waals surface area (Å²) in [6.45, 7) is 1.09. The van der Waals surface area contributed by atoms with Crippen LogP contribution in [0.2, 0.25) is 10.0 Å². The van der Waals surface area contributed by atoms with Crippen LogP contribution in [-0.2, 0) is 6.54 Å². The molecule has 4 rings (SSSR count). The third-order valence-corrected chi connectivity index (χ3v) is 7.11. The van der Waals surface area contributed by atoms with Crippen LogP contribution in [0.3, 0.4) is 0 Å². The van der Waals surface area contributed by atoms with E-state index >= 15 is 0 Å². The van der Waals surface area contributed by atoms with Crippen LogP contribution in [0.25, 0.3) is 0 Å². The number of aromatic nitrogens is 1. The molecule has 0 aliphatic carbocycles.